The fraction of sp³-hybridized carbons (Fsp3) is 0.241. The molecule has 0 bridgehead atoms. The number of morpholine rings is 1. The molecule has 0 unspecified atom stereocenters. The van der Waals surface area contributed by atoms with E-state index in [4.69, 9.17) is 9.26 Å². The van der Waals surface area contributed by atoms with E-state index in [0.717, 1.165) is 55.1 Å². The third kappa shape index (κ3) is 5.07. The molecule has 1 aliphatic rings. The first-order valence-corrected chi connectivity index (χ1v) is 12.2. The molecule has 0 radical (unpaired) electrons. The molecule has 3 aromatic carbocycles. The number of hydrogen-bond acceptors (Lipinski definition) is 7. The SMILES string of the molecule is CNC(=O)c1noc(-c2cc(-c3ccc(C)cc3)c(O)cc2O)c1-c1ccc(CN2CCOCC2)cc1. The van der Waals surface area contributed by atoms with Gasteiger partial charge in [-0.15, -0.1) is 0 Å². The zero-order valence-electron chi connectivity index (χ0n) is 20.8. The molecule has 37 heavy (non-hydrogen) atoms. The maximum atomic E-state index is 12.7. The Morgan fingerprint density at radius 3 is 2.27 bits per heavy atom. The summed E-state index contributed by atoms with van der Waals surface area (Å²) in [5.74, 6) is -0.409. The van der Waals surface area contributed by atoms with Gasteiger partial charge in [0.25, 0.3) is 5.91 Å². The van der Waals surface area contributed by atoms with Gasteiger partial charge in [0.1, 0.15) is 11.5 Å². The smallest absolute Gasteiger partial charge is 0.273 e. The number of hydrogen-bond donors (Lipinski definition) is 3. The van der Waals surface area contributed by atoms with Crippen LogP contribution in [-0.4, -0.2) is 59.5 Å². The molecule has 1 fully saturated rings. The number of nitrogens with one attached hydrogen (secondary N) is 1. The number of nitrogens with zero attached hydrogens (tertiary/aromatic N) is 2. The van der Waals surface area contributed by atoms with Crippen LogP contribution in [0.4, 0.5) is 0 Å². The minimum atomic E-state index is -0.403. The van der Waals surface area contributed by atoms with E-state index in [0.29, 0.717) is 16.7 Å². The summed E-state index contributed by atoms with van der Waals surface area (Å²) in [6, 6.07) is 18.5. The summed E-state index contributed by atoms with van der Waals surface area (Å²) in [4.78, 5) is 15.0. The van der Waals surface area contributed by atoms with Gasteiger partial charge in [0, 0.05) is 38.3 Å². The van der Waals surface area contributed by atoms with Gasteiger partial charge in [-0.1, -0.05) is 59.3 Å². The Morgan fingerprint density at radius 1 is 0.946 bits per heavy atom. The van der Waals surface area contributed by atoms with Gasteiger partial charge in [-0.25, -0.2) is 0 Å². The third-order valence-corrected chi connectivity index (χ3v) is 6.61. The van der Waals surface area contributed by atoms with E-state index >= 15 is 0 Å². The average Bonchev–Trinajstić information content (AvgIpc) is 3.35. The monoisotopic (exact) mass is 499 g/mol. The van der Waals surface area contributed by atoms with Gasteiger partial charge in [0.15, 0.2) is 11.5 Å². The van der Waals surface area contributed by atoms with Crippen molar-refractivity contribution < 1.29 is 24.3 Å². The largest absolute Gasteiger partial charge is 0.507 e. The summed E-state index contributed by atoms with van der Waals surface area (Å²) in [6.07, 6.45) is 0. The molecular weight excluding hydrogens is 470 g/mol. The molecule has 5 rings (SSSR count). The minimum Gasteiger partial charge on any atom is -0.507 e. The molecule has 0 spiro atoms. The lowest BCUT2D eigenvalue weighted by Crippen LogP contribution is -2.35. The van der Waals surface area contributed by atoms with Crippen LogP contribution in [0.1, 0.15) is 21.6 Å². The first-order valence-electron chi connectivity index (χ1n) is 12.2. The van der Waals surface area contributed by atoms with Crippen molar-refractivity contribution in [2.45, 2.75) is 13.5 Å². The van der Waals surface area contributed by atoms with Crippen molar-refractivity contribution in [3.63, 3.8) is 0 Å². The van der Waals surface area contributed by atoms with Crippen molar-refractivity contribution in [3.8, 4) is 45.1 Å². The third-order valence-electron chi connectivity index (χ3n) is 6.61. The molecule has 1 amide bonds. The van der Waals surface area contributed by atoms with E-state index in [9.17, 15) is 15.0 Å². The van der Waals surface area contributed by atoms with Crippen LogP contribution in [0.15, 0.2) is 65.2 Å². The van der Waals surface area contributed by atoms with Crippen molar-refractivity contribution in [2.75, 3.05) is 33.4 Å². The van der Waals surface area contributed by atoms with E-state index < -0.39 is 5.91 Å². The predicted octanol–water partition coefficient (Wildman–Crippen LogP) is 4.59. The van der Waals surface area contributed by atoms with Crippen LogP contribution in [-0.2, 0) is 11.3 Å². The number of amides is 1. The Bertz CT molecular complexity index is 1400. The van der Waals surface area contributed by atoms with Gasteiger partial charge in [-0.05, 0) is 29.7 Å². The van der Waals surface area contributed by atoms with Crippen LogP contribution >= 0.6 is 0 Å². The molecule has 1 aromatic heterocycles. The molecule has 4 aromatic rings. The van der Waals surface area contributed by atoms with Gasteiger partial charge < -0.3 is 24.8 Å². The standard InChI is InChI=1S/C29H29N3O5/c1-18-3-7-20(8-4-18)22-15-23(25(34)16-24(22)33)28-26(27(31-37-28)29(35)30-2)21-9-5-19(6-10-21)17-32-11-13-36-14-12-32/h3-10,15-16,33-34H,11-14,17H2,1-2H3,(H,30,35). The number of aromatic nitrogens is 1. The highest BCUT2D eigenvalue weighted by atomic mass is 16.5. The summed E-state index contributed by atoms with van der Waals surface area (Å²) in [6.45, 7) is 6.04. The fourth-order valence-corrected chi connectivity index (χ4v) is 4.53. The Morgan fingerprint density at radius 2 is 1.59 bits per heavy atom. The maximum absolute atomic E-state index is 12.7. The van der Waals surface area contributed by atoms with Gasteiger partial charge >= 0.3 is 0 Å². The molecule has 1 aliphatic heterocycles. The number of phenolic OH excluding ortho intramolecular Hbond substituents is 2. The molecule has 0 atom stereocenters. The van der Waals surface area contributed by atoms with Crippen molar-refractivity contribution in [3.05, 3.63) is 77.5 Å². The molecule has 0 aliphatic carbocycles. The van der Waals surface area contributed by atoms with Crippen LogP contribution in [0, 0.1) is 6.92 Å². The van der Waals surface area contributed by atoms with E-state index in [1.165, 1.54) is 13.1 Å². The number of rotatable bonds is 6. The van der Waals surface area contributed by atoms with Crippen LogP contribution in [0.2, 0.25) is 0 Å². The molecule has 3 N–H and O–H groups in total. The molecule has 1 saturated heterocycles. The molecular formula is C29H29N3O5. The Labute approximate surface area is 215 Å². The number of aryl methyl sites for hydroxylation is 1. The van der Waals surface area contributed by atoms with Gasteiger partial charge in [0.05, 0.1) is 24.3 Å². The summed E-state index contributed by atoms with van der Waals surface area (Å²) in [5, 5.41) is 28.0. The summed E-state index contributed by atoms with van der Waals surface area (Å²) in [5.41, 5.74) is 5.16. The zero-order valence-corrected chi connectivity index (χ0v) is 20.8. The van der Waals surface area contributed by atoms with Crippen LogP contribution in [0.25, 0.3) is 33.6 Å². The average molecular weight is 500 g/mol. The van der Waals surface area contributed by atoms with Crippen molar-refractivity contribution in [1.82, 2.24) is 15.4 Å². The zero-order chi connectivity index (χ0) is 25.9. The summed E-state index contributed by atoms with van der Waals surface area (Å²) < 4.78 is 11.1. The number of carbonyl (C=O) groups excluding carboxylic acids is 1. The van der Waals surface area contributed by atoms with E-state index in [-0.39, 0.29) is 23.0 Å². The first-order chi connectivity index (χ1) is 17.9. The van der Waals surface area contributed by atoms with Crippen LogP contribution in [0.3, 0.4) is 0 Å². The van der Waals surface area contributed by atoms with E-state index in [1.54, 1.807) is 6.07 Å². The second kappa shape index (κ2) is 10.5. The molecule has 190 valence electrons. The molecule has 0 saturated carbocycles. The number of benzene rings is 3. The predicted molar refractivity (Wildman–Crippen MR) is 140 cm³/mol. The normalized spacial score (nSPS) is 14.0. The highest BCUT2D eigenvalue weighted by Crippen LogP contribution is 2.44. The quantitative estimate of drug-likeness (QED) is 0.356. The fourth-order valence-electron chi connectivity index (χ4n) is 4.53. The number of phenols is 2. The van der Waals surface area contributed by atoms with Crippen molar-refractivity contribution in [2.24, 2.45) is 0 Å². The van der Waals surface area contributed by atoms with Crippen molar-refractivity contribution in [1.29, 1.82) is 0 Å². The Hall–Kier alpha value is -4.14. The second-order valence-electron chi connectivity index (χ2n) is 9.15. The highest BCUT2D eigenvalue weighted by molar-refractivity contribution is 6.02. The number of ether oxygens (including phenoxy) is 1. The van der Waals surface area contributed by atoms with Crippen molar-refractivity contribution >= 4 is 5.91 Å². The molecule has 8 nitrogen and oxygen atoms in total. The first kappa shape index (κ1) is 24.5. The van der Waals surface area contributed by atoms with Crippen LogP contribution in [0.5, 0.6) is 11.5 Å². The number of carbonyl (C=O) groups is 1. The molecule has 8 heteroatoms. The number of aromatic hydroxyl groups is 2. The van der Waals surface area contributed by atoms with Gasteiger partial charge in [-0.3, -0.25) is 9.69 Å². The van der Waals surface area contributed by atoms with Gasteiger partial charge in [0.2, 0.25) is 0 Å². The highest BCUT2D eigenvalue weighted by Gasteiger charge is 2.26. The van der Waals surface area contributed by atoms with E-state index in [1.807, 2.05) is 55.5 Å². The van der Waals surface area contributed by atoms with E-state index in [2.05, 4.69) is 15.4 Å². The molecule has 2 heterocycles. The Kier molecular flexibility index (Phi) is 6.94. The minimum absolute atomic E-state index is 0.0647. The summed E-state index contributed by atoms with van der Waals surface area (Å²) >= 11 is 0. The topological polar surface area (TPSA) is 108 Å². The maximum Gasteiger partial charge on any atom is 0.273 e. The lowest BCUT2D eigenvalue weighted by Gasteiger charge is -2.26. The lowest BCUT2D eigenvalue weighted by atomic mass is 9.94. The van der Waals surface area contributed by atoms with Gasteiger partial charge in [-0.2, -0.15) is 0 Å². The second-order valence-corrected chi connectivity index (χ2v) is 9.15. The summed E-state index contributed by atoms with van der Waals surface area (Å²) in [7, 11) is 1.53. The lowest BCUT2D eigenvalue weighted by molar-refractivity contribution is 0.0342. The Balaban J connectivity index is 1.57. The van der Waals surface area contributed by atoms with Crippen LogP contribution < -0.4 is 5.32 Å².